The Balaban J connectivity index is 0.000000202. The summed E-state index contributed by atoms with van der Waals surface area (Å²) in [5.74, 6) is -6.58. The first-order chi connectivity index (χ1) is 56.8. The minimum Gasteiger partial charge on any atom is -0.508 e. The van der Waals surface area contributed by atoms with Crippen LogP contribution in [0, 0.1) is 41.5 Å². The van der Waals surface area contributed by atoms with Gasteiger partial charge < -0.3 is 91.9 Å². The van der Waals surface area contributed by atoms with Crippen LogP contribution in [0.1, 0.15) is 129 Å². The van der Waals surface area contributed by atoms with Crippen molar-refractivity contribution < 1.29 is 121 Å². The molecule has 0 amide bonds. The van der Waals surface area contributed by atoms with E-state index in [1.807, 2.05) is 0 Å². The number of carbonyl (C=O) groups is 6. The number of rotatable bonds is 12. The van der Waals surface area contributed by atoms with Crippen molar-refractivity contribution in [1.29, 1.82) is 0 Å². The molecule has 24 nitrogen and oxygen atoms in total. The molecule has 0 spiro atoms. The SMILES string of the molecule is Cc1c(Br)cc(C(=O)c2cc(O)c(O)cc2Br)c(Br)c1O.Cc1c(O)cc(C(=O)c2ccc(O)c(O)c2Br)c(Br)c1Br.Cc1cc(Br)c(C(=O)c2cc(O)c(O)cc2Br)c(Br)c1O.Cc1cc(C(=O)c2cc(O)c(O)c(Br)c2)cc(Br)c1O.Cc1ccc(C(=O)c2cc(O)c(O)cc2Br)c(Br)c1O.Cc1ccc(C(=O)c2ccc(O)c(O)c2)c(Br)c1O. The number of aryl methyl sites for hydroxylation is 4. The van der Waals surface area contributed by atoms with Gasteiger partial charge in [-0.05, 0) is 392 Å². The first kappa shape index (κ1) is 101. The van der Waals surface area contributed by atoms with Gasteiger partial charge in [-0.1, -0.05) is 28.1 Å². The Morgan fingerprint density at radius 3 is 1.01 bits per heavy atom. The monoisotopic (exact) mass is 2560 g/mol. The maximum absolute atomic E-state index is 12.6. The molecule has 0 bridgehead atoms. The lowest BCUT2D eigenvalue weighted by atomic mass is 10.0. The summed E-state index contributed by atoms with van der Waals surface area (Å²) in [5, 5.41) is 173. The third-order valence-electron chi connectivity index (χ3n) is 17.4. The first-order valence-electron chi connectivity index (χ1n) is 33.6. The van der Waals surface area contributed by atoms with Gasteiger partial charge in [0.2, 0.25) is 0 Å². The van der Waals surface area contributed by atoms with E-state index in [9.17, 15) is 121 Å². The summed E-state index contributed by atoms with van der Waals surface area (Å²) >= 11 is 44.8. The van der Waals surface area contributed by atoms with E-state index in [1.165, 1.54) is 84.9 Å². The molecule has 12 aromatic rings. The zero-order valence-corrected chi connectivity index (χ0v) is 84.7. The van der Waals surface area contributed by atoms with E-state index in [4.69, 9.17) is 0 Å². The standard InChI is InChI=1S/3C14H9Br3O4.2C14H10Br2O4.C14H11BrO4/c1-5-8(15)2-7(12(17)13(5)20)14(21)6-3-10(18)11(19)4-9(6)16;1-5-2-8(16)11(12(17)13(5)20)14(21)6-3-9(18)10(19)4-7(6)15;1-5-9(19)4-7(11(16)10(5)15)13(20)6-2-3-8(18)14(21)12(6)17;1-6-2-7(3-9(15)12(6)18)13(19)8-4-10(16)14(20)11(17)5-8;1-6-2-3-7(12(16)13(6)19)14(20)8-4-10(17)11(18)5-9(8)15;1-7-2-4-9(12(15)13(7)18)14(19)8-3-5-10(16)11(17)6-8/h2*2-4,18-20H,1H3;2-4,18-19,21H,1H3;2-5,17-18,20H,1H3;2-5,17-19H,1H3;2-6,16-18H,1H3. The van der Waals surface area contributed by atoms with Gasteiger partial charge in [-0.25, -0.2) is 0 Å². The van der Waals surface area contributed by atoms with Crippen LogP contribution < -0.4 is 0 Å². The lowest BCUT2D eigenvalue weighted by molar-refractivity contribution is 0.102. The smallest absolute Gasteiger partial charge is 0.196 e. The summed E-state index contributed by atoms with van der Waals surface area (Å²) in [6.07, 6.45) is 0. The Bertz CT molecular complexity index is 6110. The van der Waals surface area contributed by atoms with Gasteiger partial charge in [0.1, 0.15) is 34.5 Å². The Morgan fingerprint density at radius 1 is 0.189 bits per heavy atom. The Hall–Kier alpha value is -8.22. The van der Waals surface area contributed by atoms with Crippen molar-refractivity contribution >= 4 is 258 Å². The van der Waals surface area contributed by atoms with Crippen LogP contribution in [0.2, 0.25) is 0 Å². The largest absolute Gasteiger partial charge is 0.508 e. The van der Waals surface area contributed by atoms with Crippen molar-refractivity contribution in [3.63, 3.8) is 0 Å². The average Bonchev–Trinajstić information content (AvgIpc) is 0.791. The summed E-state index contributed by atoms with van der Waals surface area (Å²) in [5.41, 5.74) is 6.40. The summed E-state index contributed by atoms with van der Waals surface area (Å²) in [4.78, 5) is 74.9. The minimum atomic E-state index is -0.425. The Morgan fingerprint density at radius 2 is 0.541 bits per heavy atom. The van der Waals surface area contributed by atoms with E-state index < -0.39 is 40.4 Å². The predicted octanol–water partition coefficient (Wildman–Crippen LogP) is 24.7. The fraction of sp³-hybridized carbons (Fsp3) is 0.0714. The molecule has 0 atom stereocenters. The van der Waals surface area contributed by atoms with Crippen LogP contribution in [0.5, 0.6) is 103 Å². The number of hydrogen-bond donors (Lipinski definition) is 18. The second kappa shape index (κ2) is 42.6. The number of aromatic hydroxyl groups is 18. The third kappa shape index (κ3) is 23.1. The molecule has 0 aliphatic carbocycles. The molecular formula is C84H58Br14O24. The molecule has 636 valence electrons. The second-order valence-corrected chi connectivity index (χ2v) is 37.2. The molecule has 0 radical (unpaired) electrons. The topological polar surface area (TPSA) is 467 Å². The highest BCUT2D eigenvalue weighted by molar-refractivity contribution is 9.13. The van der Waals surface area contributed by atoms with Crippen LogP contribution in [0.3, 0.4) is 0 Å². The molecule has 0 heterocycles. The predicted molar refractivity (Wildman–Crippen MR) is 504 cm³/mol. The van der Waals surface area contributed by atoms with Gasteiger partial charge in [0, 0.05) is 104 Å². The van der Waals surface area contributed by atoms with E-state index in [-0.39, 0.29) is 177 Å². The average molecular weight is 2570 g/mol. The molecule has 0 saturated heterocycles. The molecule has 0 aliphatic heterocycles. The number of halogens is 14. The fourth-order valence-corrected chi connectivity index (χ4v) is 18.4. The van der Waals surface area contributed by atoms with E-state index in [1.54, 1.807) is 84.0 Å². The summed E-state index contributed by atoms with van der Waals surface area (Å²) in [6.45, 7) is 10.3. The summed E-state index contributed by atoms with van der Waals surface area (Å²) in [7, 11) is 0. The number of carbonyl (C=O) groups excluding carboxylic acids is 6. The van der Waals surface area contributed by atoms with Gasteiger partial charge >= 0.3 is 0 Å². The number of hydrogen-bond acceptors (Lipinski definition) is 24. The van der Waals surface area contributed by atoms with E-state index in [0.29, 0.717) is 83.7 Å². The van der Waals surface area contributed by atoms with Crippen LogP contribution in [0.15, 0.2) is 196 Å². The van der Waals surface area contributed by atoms with Gasteiger partial charge in [0.05, 0.1) is 36.9 Å². The normalized spacial score (nSPS) is 10.6. The maximum Gasteiger partial charge on any atom is 0.196 e. The minimum absolute atomic E-state index is 0.00465. The number of ketones is 6. The molecule has 122 heavy (non-hydrogen) atoms. The molecule has 12 aromatic carbocycles. The van der Waals surface area contributed by atoms with Crippen LogP contribution in [-0.4, -0.2) is 127 Å². The van der Waals surface area contributed by atoms with Crippen molar-refractivity contribution in [3.05, 3.63) is 296 Å². The van der Waals surface area contributed by atoms with Gasteiger partial charge in [-0.2, -0.15) is 0 Å². The second-order valence-electron chi connectivity index (χ2n) is 25.7. The lowest BCUT2D eigenvalue weighted by Gasteiger charge is -2.12. The molecular weight excluding hydrogens is 2510 g/mol. The molecule has 0 unspecified atom stereocenters. The van der Waals surface area contributed by atoms with E-state index >= 15 is 0 Å². The molecule has 38 heteroatoms. The highest BCUT2D eigenvalue weighted by Gasteiger charge is 2.29. The third-order valence-corrected chi connectivity index (χ3v) is 28.4. The van der Waals surface area contributed by atoms with Crippen LogP contribution >= 0.6 is 223 Å². The van der Waals surface area contributed by atoms with Gasteiger partial charge in [0.25, 0.3) is 0 Å². The molecule has 0 saturated carbocycles. The van der Waals surface area contributed by atoms with Crippen molar-refractivity contribution in [3.8, 4) is 103 Å². The number of phenols is 18. The van der Waals surface area contributed by atoms with Crippen molar-refractivity contribution in [2.24, 2.45) is 0 Å². The molecule has 0 fully saturated rings. The maximum atomic E-state index is 12.6. The Labute approximate surface area is 810 Å². The summed E-state index contributed by atoms with van der Waals surface area (Å²) in [6, 6.07) is 30.3. The zero-order chi connectivity index (χ0) is 91.9. The summed E-state index contributed by atoms with van der Waals surface area (Å²) < 4.78 is 5.08. The van der Waals surface area contributed by atoms with Gasteiger partial charge in [-0.3, -0.25) is 28.8 Å². The van der Waals surface area contributed by atoms with E-state index in [0.717, 1.165) is 6.07 Å². The highest BCUT2D eigenvalue weighted by Crippen LogP contribution is 2.47. The zero-order valence-electron chi connectivity index (χ0n) is 62.5. The highest BCUT2D eigenvalue weighted by atomic mass is 79.9. The van der Waals surface area contributed by atoms with Crippen molar-refractivity contribution in [1.82, 2.24) is 0 Å². The number of phenolic OH excluding ortho intramolecular Hbond substituents is 18. The lowest BCUT2D eigenvalue weighted by Crippen LogP contribution is -2.05. The van der Waals surface area contributed by atoms with Gasteiger partial charge in [-0.15, -0.1) is 0 Å². The Kier molecular flexibility index (Phi) is 35.3. The van der Waals surface area contributed by atoms with Crippen LogP contribution in [0.4, 0.5) is 0 Å². The van der Waals surface area contributed by atoms with Crippen molar-refractivity contribution in [2.45, 2.75) is 41.5 Å². The first-order valence-corrected chi connectivity index (χ1v) is 44.7. The van der Waals surface area contributed by atoms with Gasteiger partial charge in [0.15, 0.2) is 104 Å². The van der Waals surface area contributed by atoms with Crippen LogP contribution in [-0.2, 0) is 0 Å². The molecule has 12 rings (SSSR count). The molecule has 18 N–H and O–H groups in total. The quantitative estimate of drug-likeness (QED) is 0.0399. The number of benzene rings is 12. The molecule has 0 aromatic heterocycles. The van der Waals surface area contributed by atoms with Crippen LogP contribution in [0.25, 0.3) is 0 Å². The molecule has 0 aliphatic rings. The van der Waals surface area contributed by atoms with Crippen molar-refractivity contribution in [2.75, 3.05) is 0 Å². The van der Waals surface area contributed by atoms with E-state index in [2.05, 4.69) is 223 Å². The fourth-order valence-electron chi connectivity index (χ4n) is 10.4.